The van der Waals surface area contributed by atoms with Gasteiger partial charge in [-0.15, -0.1) is 11.3 Å². The van der Waals surface area contributed by atoms with E-state index in [1.165, 1.54) is 30.6 Å². The summed E-state index contributed by atoms with van der Waals surface area (Å²) in [5, 5.41) is 3.07. The minimum atomic E-state index is 0.120. The normalized spacial score (nSPS) is 23.7. The fourth-order valence-electron chi connectivity index (χ4n) is 4.22. The van der Waals surface area contributed by atoms with E-state index >= 15 is 0 Å². The van der Waals surface area contributed by atoms with Crippen LogP contribution in [-0.4, -0.2) is 49.1 Å². The van der Waals surface area contributed by atoms with Gasteiger partial charge in [0.1, 0.15) is 0 Å². The quantitative estimate of drug-likeness (QED) is 0.809. The van der Waals surface area contributed by atoms with E-state index in [9.17, 15) is 4.79 Å². The van der Waals surface area contributed by atoms with Gasteiger partial charge < -0.3 is 10.1 Å². The average molecular weight is 337 g/mol. The van der Waals surface area contributed by atoms with E-state index < -0.39 is 0 Å². The highest BCUT2D eigenvalue weighted by atomic mass is 32.1. The number of carbonyl (C=O) groups excluding carboxylic acids is 1. The Hall–Kier alpha value is -0.980. The molecule has 1 aromatic heterocycles. The number of carbonyl (C=O) groups is 1. The molecular formula is C17H27N3O2S. The van der Waals surface area contributed by atoms with Crippen molar-refractivity contribution in [2.24, 2.45) is 11.3 Å². The Kier molecular flexibility index (Phi) is 5.34. The largest absolute Gasteiger partial charge is 0.383 e. The number of nitrogens with one attached hydrogen (secondary N) is 1. The van der Waals surface area contributed by atoms with Crippen molar-refractivity contribution in [1.29, 1.82) is 0 Å². The van der Waals surface area contributed by atoms with Crippen LogP contribution in [0.1, 0.15) is 36.3 Å². The first-order valence-corrected chi connectivity index (χ1v) is 9.40. The number of thiazole rings is 1. The summed E-state index contributed by atoms with van der Waals surface area (Å²) in [6.07, 6.45) is 4.89. The van der Waals surface area contributed by atoms with Gasteiger partial charge in [0.05, 0.1) is 23.7 Å². The van der Waals surface area contributed by atoms with Crippen molar-refractivity contribution in [1.82, 2.24) is 15.2 Å². The zero-order valence-electron chi connectivity index (χ0n) is 14.1. The standard InChI is InChI=1S/C17H27N3O2S/c1-13-15(23-12-19-13)10-20-9-14(16(21)18-7-8-22-2)17(11-20)5-3-4-6-17/h12,14H,3-11H2,1-2H3,(H,18,21). The second kappa shape index (κ2) is 7.28. The van der Waals surface area contributed by atoms with Gasteiger partial charge in [0.15, 0.2) is 0 Å². The van der Waals surface area contributed by atoms with Crippen LogP contribution in [0.3, 0.4) is 0 Å². The molecule has 1 unspecified atom stereocenters. The Bertz CT molecular complexity index is 540. The molecule has 0 radical (unpaired) electrons. The van der Waals surface area contributed by atoms with E-state index in [2.05, 4.69) is 22.1 Å². The molecule has 1 amide bonds. The first kappa shape index (κ1) is 16.9. The third-order valence-electron chi connectivity index (χ3n) is 5.45. The minimum Gasteiger partial charge on any atom is -0.383 e. The third-order valence-corrected chi connectivity index (χ3v) is 6.37. The Labute approximate surface area is 142 Å². The lowest BCUT2D eigenvalue weighted by Crippen LogP contribution is -2.41. The lowest BCUT2D eigenvalue weighted by atomic mass is 9.76. The smallest absolute Gasteiger partial charge is 0.225 e. The van der Waals surface area contributed by atoms with Crippen molar-refractivity contribution in [3.8, 4) is 0 Å². The van der Waals surface area contributed by atoms with Gasteiger partial charge in [0.25, 0.3) is 0 Å². The molecule has 3 rings (SSSR count). The second-order valence-electron chi connectivity index (χ2n) is 6.94. The first-order chi connectivity index (χ1) is 11.1. The molecular weight excluding hydrogens is 310 g/mol. The summed E-state index contributed by atoms with van der Waals surface area (Å²) < 4.78 is 5.05. The Morgan fingerprint density at radius 3 is 2.96 bits per heavy atom. The van der Waals surface area contributed by atoms with E-state index in [0.29, 0.717) is 13.2 Å². The van der Waals surface area contributed by atoms with Crippen LogP contribution in [0.15, 0.2) is 5.51 Å². The summed E-state index contributed by atoms with van der Waals surface area (Å²) in [5.74, 6) is 0.336. The van der Waals surface area contributed by atoms with Gasteiger partial charge in [-0.2, -0.15) is 0 Å². The maximum Gasteiger partial charge on any atom is 0.225 e. The molecule has 1 atom stereocenters. The molecule has 0 bridgehead atoms. The number of nitrogens with zero attached hydrogens (tertiary/aromatic N) is 2. The van der Waals surface area contributed by atoms with Gasteiger partial charge in [-0.3, -0.25) is 9.69 Å². The average Bonchev–Trinajstić information content (AvgIpc) is 3.24. The third kappa shape index (κ3) is 3.59. The number of methoxy groups -OCH3 is 1. The maximum absolute atomic E-state index is 12.7. The predicted octanol–water partition coefficient (Wildman–Crippen LogP) is 2.21. The number of aryl methyl sites for hydroxylation is 1. The summed E-state index contributed by atoms with van der Waals surface area (Å²) in [6.45, 7) is 6.11. The van der Waals surface area contributed by atoms with Crippen molar-refractivity contribution in [3.63, 3.8) is 0 Å². The van der Waals surface area contributed by atoms with Crippen LogP contribution in [0.25, 0.3) is 0 Å². The molecule has 1 aliphatic carbocycles. The minimum absolute atomic E-state index is 0.120. The molecule has 0 aromatic carbocycles. The second-order valence-corrected chi connectivity index (χ2v) is 7.88. The number of aromatic nitrogens is 1. The van der Waals surface area contributed by atoms with Gasteiger partial charge in [0, 0.05) is 38.2 Å². The van der Waals surface area contributed by atoms with Crippen LogP contribution in [0.4, 0.5) is 0 Å². The number of hydrogen-bond donors (Lipinski definition) is 1. The molecule has 1 saturated carbocycles. The fourth-order valence-corrected chi connectivity index (χ4v) is 5.04. The molecule has 1 N–H and O–H groups in total. The van der Waals surface area contributed by atoms with Crippen LogP contribution < -0.4 is 5.32 Å². The topological polar surface area (TPSA) is 54.5 Å². The van der Waals surface area contributed by atoms with Gasteiger partial charge in [-0.25, -0.2) is 4.98 Å². The van der Waals surface area contributed by atoms with Crippen molar-refractivity contribution in [3.05, 3.63) is 16.1 Å². The van der Waals surface area contributed by atoms with E-state index in [-0.39, 0.29) is 17.2 Å². The zero-order valence-corrected chi connectivity index (χ0v) is 15.0. The van der Waals surface area contributed by atoms with Crippen molar-refractivity contribution in [2.75, 3.05) is 33.4 Å². The van der Waals surface area contributed by atoms with Crippen molar-refractivity contribution in [2.45, 2.75) is 39.2 Å². The number of amides is 1. The summed E-state index contributed by atoms with van der Waals surface area (Å²) in [7, 11) is 1.67. The van der Waals surface area contributed by atoms with Crippen molar-refractivity contribution < 1.29 is 9.53 Å². The summed E-state index contributed by atoms with van der Waals surface area (Å²) in [4.78, 5) is 20.8. The van der Waals surface area contributed by atoms with Crippen LogP contribution in [0, 0.1) is 18.3 Å². The fraction of sp³-hybridized carbons (Fsp3) is 0.765. The van der Waals surface area contributed by atoms with Gasteiger partial charge in [-0.05, 0) is 25.2 Å². The first-order valence-electron chi connectivity index (χ1n) is 8.52. The number of likely N-dealkylation sites (tertiary alicyclic amines) is 1. The van der Waals surface area contributed by atoms with E-state index in [1.807, 2.05) is 5.51 Å². The molecule has 2 heterocycles. The van der Waals surface area contributed by atoms with Crippen LogP contribution >= 0.6 is 11.3 Å². The van der Waals surface area contributed by atoms with Gasteiger partial charge >= 0.3 is 0 Å². The summed E-state index contributed by atoms with van der Waals surface area (Å²) in [5.41, 5.74) is 3.24. The molecule has 1 aromatic rings. The maximum atomic E-state index is 12.7. The number of ether oxygens (including phenoxy) is 1. The van der Waals surface area contributed by atoms with Crippen LogP contribution in [0.5, 0.6) is 0 Å². The molecule has 1 spiro atoms. The van der Waals surface area contributed by atoms with E-state index in [1.54, 1.807) is 18.4 Å². The summed E-state index contributed by atoms with van der Waals surface area (Å²) >= 11 is 1.72. The SMILES string of the molecule is COCCNC(=O)C1CN(Cc2scnc2C)CC12CCCC2. The van der Waals surface area contributed by atoms with E-state index in [4.69, 9.17) is 4.74 Å². The molecule has 128 valence electrons. The highest BCUT2D eigenvalue weighted by molar-refractivity contribution is 7.09. The Balaban J connectivity index is 1.67. The Morgan fingerprint density at radius 2 is 2.30 bits per heavy atom. The number of hydrogen-bond acceptors (Lipinski definition) is 5. The molecule has 2 aliphatic rings. The van der Waals surface area contributed by atoms with Crippen LogP contribution in [0.2, 0.25) is 0 Å². The van der Waals surface area contributed by atoms with E-state index in [0.717, 1.165) is 25.3 Å². The highest BCUT2D eigenvalue weighted by Gasteiger charge is 2.50. The molecule has 2 fully saturated rings. The monoisotopic (exact) mass is 337 g/mol. The van der Waals surface area contributed by atoms with Gasteiger partial charge in [0.2, 0.25) is 5.91 Å². The molecule has 6 heteroatoms. The Morgan fingerprint density at radius 1 is 1.52 bits per heavy atom. The zero-order chi connectivity index (χ0) is 16.3. The lowest BCUT2D eigenvalue weighted by Gasteiger charge is -2.29. The summed E-state index contributed by atoms with van der Waals surface area (Å²) in [6, 6.07) is 0. The lowest BCUT2D eigenvalue weighted by molar-refractivity contribution is -0.127. The molecule has 5 nitrogen and oxygen atoms in total. The molecule has 23 heavy (non-hydrogen) atoms. The van der Waals surface area contributed by atoms with Crippen molar-refractivity contribution >= 4 is 17.2 Å². The molecule has 1 aliphatic heterocycles. The van der Waals surface area contributed by atoms with Gasteiger partial charge in [-0.1, -0.05) is 12.8 Å². The highest BCUT2D eigenvalue weighted by Crippen LogP contribution is 2.49. The predicted molar refractivity (Wildman–Crippen MR) is 91.4 cm³/mol. The number of rotatable bonds is 6. The molecule has 1 saturated heterocycles. The van der Waals surface area contributed by atoms with Crippen LogP contribution in [-0.2, 0) is 16.1 Å².